The maximum Gasteiger partial charge on any atom is 0.287 e. The molecule has 3 rings (SSSR count). The fraction of sp³-hybridized carbons (Fsp3) is 0.263. The summed E-state index contributed by atoms with van der Waals surface area (Å²) < 4.78 is 12.8. The normalized spacial score (nSPS) is 10.7. The van der Waals surface area contributed by atoms with Crippen molar-refractivity contribution < 1.29 is 18.9 Å². The number of amides is 1. The van der Waals surface area contributed by atoms with E-state index < -0.39 is 4.92 Å². The van der Waals surface area contributed by atoms with Gasteiger partial charge in [0, 0.05) is 18.7 Å². The third kappa shape index (κ3) is 4.37. The molecule has 146 valence electrons. The van der Waals surface area contributed by atoms with Gasteiger partial charge in [-0.15, -0.1) is 0 Å². The van der Waals surface area contributed by atoms with Crippen molar-refractivity contribution >= 4 is 11.6 Å². The van der Waals surface area contributed by atoms with Gasteiger partial charge in [0.2, 0.25) is 0 Å². The zero-order chi connectivity index (χ0) is 20.3. The lowest BCUT2D eigenvalue weighted by atomic mass is 10.2. The van der Waals surface area contributed by atoms with Gasteiger partial charge in [0.15, 0.2) is 5.76 Å². The maximum absolute atomic E-state index is 12.2. The molecule has 0 fully saturated rings. The molecule has 0 aliphatic carbocycles. The molecule has 1 aromatic carbocycles. The van der Waals surface area contributed by atoms with Crippen LogP contribution in [0.3, 0.4) is 0 Å². The molecule has 0 saturated heterocycles. The van der Waals surface area contributed by atoms with Gasteiger partial charge in [-0.1, -0.05) is 0 Å². The summed E-state index contributed by atoms with van der Waals surface area (Å²) in [7, 11) is 1.82. The van der Waals surface area contributed by atoms with Crippen LogP contribution in [0.2, 0.25) is 0 Å². The largest absolute Gasteiger partial charge is 0.486 e. The van der Waals surface area contributed by atoms with Gasteiger partial charge >= 0.3 is 0 Å². The van der Waals surface area contributed by atoms with Crippen LogP contribution >= 0.6 is 0 Å². The van der Waals surface area contributed by atoms with Crippen molar-refractivity contribution in [2.24, 2.45) is 7.05 Å². The summed E-state index contributed by atoms with van der Waals surface area (Å²) in [4.78, 5) is 22.6. The zero-order valence-electron chi connectivity index (χ0n) is 15.8. The summed E-state index contributed by atoms with van der Waals surface area (Å²) in [5.74, 6) is 0.795. The van der Waals surface area contributed by atoms with Crippen LogP contribution in [0.25, 0.3) is 0 Å². The monoisotopic (exact) mass is 384 g/mol. The second-order valence-corrected chi connectivity index (χ2v) is 6.34. The second kappa shape index (κ2) is 7.95. The number of hydrogen-bond donors (Lipinski definition) is 1. The van der Waals surface area contributed by atoms with Gasteiger partial charge in [0.1, 0.15) is 18.1 Å². The Balaban J connectivity index is 1.56. The van der Waals surface area contributed by atoms with E-state index in [4.69, 9.17) is 9.15 Å². The number of nitrogens with one attached hydrogen (secondary N) is 1. The third-order valence-electron chi connectivity index (χ3n) is 4.16. The van der Waals surface area contributed by atoms with Gasteiger partial charge in [-0.05, 0) is 44.2 Å². The van der Waals surface area contributed by atoms with Crippen LogP contribution in [0, 0.1) is 24.0 Å². The standard InChI is InChI=1S/C19H20N4O5/c1-12-8-15(4-6-17(12)23(25)26)27-11-16-5-7-18(28-16)19(24)20-10-14-9-13(2)21-22(14)3/h4-9H,10-11H2,1-3H3,(H,20,24). The Morgan fingerprint density at radius 3 is 2.71 bits per heavy atom. The molecule has 2 heterocycles. The molecule has 0 aliphatic rings. The van der Waals surface area contributed by atoms with Gasteiger partial charge in [0.05, 0.1) is 22.9 Å². The number of nitro groups is 1. The van der Waals surface area contributed by atoms with Crippen molar-refractivity contribution in [1.82, 2.24) is 15.1 Å². The molecule has 0 aliphatic heterocycles. The Kier molecular flexibility index (Phi) is 5.44. The summed E-state index contributed by atoms with van der Waals surface area (Å²) in [6, 6.07) is 9.63. The number of aryl methyl sites for hydroxylation is 3. The molecule has 0 radical (unpaired) electrons. The van der Waals surface area contributed by atoms with Crippen LogP contribution in [-0.4, -0.2) is 20.6 Å². The minimum atomic E-state index is -0.441. The van der Waals surface area contributed by atoms with Crippen molar-refractivity contribution in [3.05, 3.63) is 75.0 Å². The van der Waals surface area contributed by atoms with Gasteiger partial charge in [-0.2, -0.15) is 5.10 Å². The average Bonchev–Trinajstić information content (AvgIpc) is 3.23. The van der Waals surface area contributed by atoms with E-state index in [2.05, 4.69) is 10.4 Å². The molecular weight excluding hydrogens is 364 g/mol. The maximum atomic E-state index is 12.2. The molecule has 1 N–H and O–H groups in total. The average molecular weight is 384 g/mol. The molecule has 9 heteroatoms. The number of carbonyl (C=O) groups is 1. The second-order valence-electron chi connectivity index (χ2n) is 6.34. The van der Waals surface area contributed by atoms with Gasteiger partial charge in [-0.25, -0.2) is 0 Å². The molecular formula is C19H20N4O5. The Bertz CT molecular complexity index is 1020. The first-order chi connectivity index (χ1) is 13.3. The highest BCUT2D eigenvalue weighted by atomic mass is 16.6. The predicted octanol–water partition coefficient (Wildman–Crippen LogP) is 3.05. The van der Waals surface area contributed by atoms with E-state index in [1.807, 2.05) is 20.0 Å². The molecule has 0 spiro atoms. The Morgan fingerprint density at radius 1 is 1.29 bits per heavy atom. The predicted molar refractivity (Wildman–Crippen MR) is 100.0 cm³/mol. The van der Waals surface area contributed by atoms with Crippen molar-refractivity contribution in [2.45, 2.75) is 27.0 Å². The quantitative estimate of drug-likeness (QED) is 0.495. The van der Waals surface area contributed by atoms with Crippen molar-refractivity contribution in [1.29, 1.82) is 0 Å². The van der Waals surface area contributed by atoms with Gasteiger partial charge < -0.3 is 14.5 Å². The SMILES string of the molecule is Cc1cc(CNC(=O)c2ccc(COc3ccc([N+](=O)[O-])c(C)c3)o2)n(C)n1. The molecule has 0 atom stereocenters. The minimum absolute atomic E-state index is 0.0351. The highest BCUT2D eigenvalue weighted by molar-refractivity contribution is 5.91. The Labute approximate surface area is 161 Å². The molecule has 3 aromatic rings. The molecule has 0 saturated carbocycles. The van der Waals surface area contributed by atoms with Gasteiger partial charge in [0.25, 0.3) is 11.6 Å². The van der Waals surface area contributed by atoms with Crippen LogP contribution in [0.1, 0.15) is 33.3 Å². The third-order valence-corrected chi connectivity index (χ3v) is 4.16. The molecule has 0 bridgehead atoms. The molecule has 1 amide bonds. The number of hydrogen-bond acceptors (Lipinski definition) is 6. The first-order valence-electron chi connectivity index (χ1n) is 8.58. The Morgan fingerprint density at radius 2 is 2.07 bits per heavy atom. The van der Waals surface area contributed by atoms with Crippen LogP contribution in [-0.2, 0) is 20.2 Å². The van der Waals surface area contributed by atoms with E-state index in [-0.39, 0.29) is 24.0 Å². The number of benzene rings is 1. The number of ether oxygens (including phenoxy) is 1. The van der Waals surface area contributed by atoms with Crippen LogP contribution in [0.15, 0.2) is 40.8 Å². The summed E-state index contributed by atoms with van der Waals surface area (Å²) in [6.45, 7) is 3.97. The highest BCUT2D eigenvalue weighted by Crippen LogP contribution is 2.24. The lowest BCUT2D eigenvalue weighted by Crippen LogP contribution is -2.23. The van der Waals surface area contributed by atoms with Crippen molar-refractivity contribution in [2.75, 3.05) is 0 Å². The lowest BCUT2D eigenvalue weighted by Gasteiger charge is -2.06. The first kappa shape index (κ1) is 19.2. The smallest absolute Gasteiger partial charge is 0.287 e. The number of furan rings is 1. The fourth-order valence-electron chi connectivity index (χ4n) is 2.74. The molecule has 9 nitrogen and oxygen atoms in total. The number of aromatic nitrogens is 2. The number of nitro benzene ring substituents is 1. The lowest BCUT2D eigenvalue weighted by molar-refractivity contribution is -0.385. The van der Waals surface area contributed by atoms with E-state index in [1.54, 1.807) is 29.8 Å². The van der Waals surface area contributed by atoms with E-state index >= 15 is 0 Å². The van der Waals surface area contributed by atoms with Crippen LogP contribution < -0.4 is 10.1 Å². The number of nitrogens with zero attached hydrogens (tertiary/aromatic N) is 3. The summed E-state index contributed by atoms with van der Waals surface area (Å²) in [6.07, 6.45) is 0. The topological polar surface area (TPSA) is 112 Å². The summed E-state index contributed by atoms with van der Waals surface area (Å²) >= 11 is 0. The summed E-state index contributed by atoms with van der Waals surface area (Å²) in [5, 5.41) is 17.9. The van der Waals surface area contributed by atoms with E-state index in [9.17, 15) is 14.9 Å². The van der Waals surface area contributed by atoms with Gasteiger partial charge in [-0.3, -0.25) is 19.6 Å². The Hall–Kier alpha value is -3.62. The van der Waals surface area contributed by atoms with E-state index in [1.165, 1.54) is 12.1 Å². The van der Waals surface area contributed by atoms with Crippen LogP contribution in [0.5, 0.6) is 5.75 Å². The zero-order valence-corrected chi connectivity index (χ0v) is 15.8. The molecule has 2 aromatic heterocycles. The molecule has 28 heavy (non-hydrogen) atoms. The van der Waals surface area contributed by atoms with E-state index in [0.29, 0.717) is 23.6 Å². The summed E-state index contributed by atoms with van der Waals surface area (Å²) in [5.41, 5.74) is 2.31. The van der Waals surface area contributed by atoms with E-state index in [0.717, 1.165) is 11.4 Å². The van der Waals surface area contributed by atoms with Crippen LogP contribution in [0.4, 0.5) is 5.69 Å². The minimum Gasteiger partial charge on any atom is -0.486 e. The molecule has 0 unspecified atom stereocenters. The first-order valence-corrected chi connectivity index (χ1v) is 8.58. The highest BCUT2D eigenvalue weighted by Gasteiger charge is 2.14. The fourth-order valence-corrected chi connectivity index (χ4v) is 2.74. The van der Waals surface area contributed by atoms with Crippen molar-refractivity contribution in [3.8, 4) is 5.75 Å². The number of rotatable bonds is 7. The van der Waals surface area contributed by atoms with Crippen molar-refractivity contribution in [3.63, 3.8) is 0 Å². The number of carbonyl (C=O) groups excluding carboxylic acids is 1.